The van der Waals surface area contributed by atoms with Crippen LogP contribution in [0, 0.1) is 11.3 Å². The second kappa shape index (κ2) is 5.39. The first kappa shape index (κ1) is 9.82. The van der Waals surface area contributed by atoms with Crippen LogP contribution in [-0.4, -0.2) is 12.5 Å². The molecule has 66 valence electrons. The number of benzene rings is 1. The molecule has 1 aliphatic carbocycles. The number of nitriles is 1. The van der Waals surface area contributed by atoms with E-state index in [1.54, 1.807) is 12.1 Å². The lowest BCUT2D eigenvalue weighted by Crippen LogP contribution is -1.80. The van der Waals surface area contributed by atoms with E-state index in [-0.39, 0.29) is 0 Å². The van der Waals surface area contributed by atoms with E-state index in [0.717, 1.165) is 0 Å². The lowest BCUT2D eigenvalue weighted by Gasteiger charge is -1.80. The molecule has 0 spiro atoms. The highest BCUT2D eigenvalue weighted by atomic mass is 16.2. The van der Waals surface area contributed by atoms with Crippen molar-refractivity contribution in [3.05, 3.63) is 35.9 Å². The van der Waals surface area contributed by atoms with Gasteiger partial charge in [-0.05, 0) is 17.9 Å². The highest BCUT2D eigenvalue weighted by Gasteiger charge is 2.20. The summed E-state index contributed by atoms with van der Waals surface area (Å²) in [6.45, 7) is 0. The zero-order chi connectivity index (χ0) is 9.52. The van der Waals surface area contributed by atoms with Crippen molar-refractivity contribution in [1.29, 1.82) is 5.26 Å². The van der Waals surface area contributed by atoms with Crippen LogP contribution in [0.2, 0.25) is 5.82 Å². The standard InChI is InChI=1S/C7H5N.C3H7BO/c8-6-7-4-2-1-3-5-7;5-4-3-1-2-3/h1-5H;3-5H,1-2H2. The second-order valence-electron chi connectivity index (χ2n) is 3.10. The summed E-state index contributed by atoms with van der Waals surface area (Å²) in [5, 5.41) is 16.5. The molecule has 0 radical (unpaired) electrons. The first-order valence-electron chi connectivity index (χ1n) is 4.43. The van der Waals surface area contributed by atoms with Crippen molar-refractivity contribution in [2.45, 2.75) is 18.7 Å². The first-order chi connectivity index (χ1) is 6.36. The largest absolute Gasteiger partial charge is 0.454 e. The molecule has 1 aromatic carbocycles. The van der Waals surface area contributed by atoms with Gasteiger partial charge in [-0.2, -0.15) is 5.26 Å². The van der Waals surface area contributed by atoms with Gasteiger partial charge in [-0.15, -0.1) is 0 Å². The normalized spacial score (nSPS) is 13.5. The summed E-state index contributed by atoms with van der Waals surface area (Å²) in [6, 6.07) is 11.2. The molecule has 1 fully saturated rings. The molecular weight excluding hydrogens is 161 g/mol. The summed E-state index contributed by atoms with van der Waals surface area (Å²) in [7, 11) is 0.417. The van der Waals surface area contributed by atoms with E-state index in [2.05, 4.69) is 0 Å². The van der Waals surface area contributed by atoms with Crippen molar-refractivity contribution in [3.63, 3.8) is 0 Å². The van der Waals surface area contributed by atoms with Crippen LogP contribution in [0.3, 0.4) is 0 Å². The molecule has 13 heavy (non-hydrogen) atoms. The number of hydrogen-bond acceptors (Lipinski definition) is 2. The third-order valence-corrected chi connectivity index (χ3v) is 1.86. The van der Waals surface area contributed by atoms with Gasteiger partial charge in [0.15, 0.2) is 0 Å². The Hall–Kier alpha value is -1.27. The highest BCUT2D eigenvalue weighted by molar-refractivity contribution is 6.29. The lowest BCUT2D eigenvalue weighted by atomic mass is 9.94. The first-order valence-corrected chi connectivity index (χ1v) is 4.43. The van der Waals surface area contributed by atoms with E-state index in [1.807, 2.05) is 24.3 Å². The van der Waals surface area contributed by atoms with E-state index in [0.29, 0.717) is 18.9 Å². The summed E-state index contributed by atoms with van der Waals surface area (Å²) in [4.78, 5) is 0. The van der Waals surface area contributed by atoms with Gasteiger partial charge in [-0.1, -0.05) is 31.0 Å². The van der Waals surface area contributed by atoms with Crippen molar-refractivity contribution in [1.82, 2.24) is 0 Å². The predicted octanol–water partition coefficient (Wildman–Crippen LogP) is 1.47. The van der Waals surface area contributed by atoms with Gasteiger partial charge in [-0.25, -0.2) is 0 Å². The number of rotatable bonds is 1. The van der Waals surface area contributed by atoms with Crippen LogP contribution in [0.4, 0.5) is 0 Å². The predicted molar refractivity (Wildman–Crippen MR) is 53.5 cm³/mol. The van der Waals surface area contributed by atoms with Crippen molar-refractivity contribution < 1.29 is 5.02 Å². The molecule has 0 unspecified atom stereocenters. The summed E-state index contributed by atoms with van der Waals surface area (Å²) in [5.74, 6) is 0.690. The van der Waals surface area contributed by atoms with Crippen molar-refractivity contribution >= 4 is 7.48 Å². The maximum atomic E-state index is 8.29. The molecule has 0 atom stereocenters. The minimum atomic E-state index is 0.417. The minimum absolute atomic E-state index is 0.417. The Labute approximate surface area is 79.1 Å². The fraction of sp³-hybridized carbons (Fsp3) is 0.300. The number of nitrogens with zero attached hydrogens (tertiary/aromatic N) is 1. The van der Waals surface area contributed by atoms with E-state index in [9.17, 15) is 0 Å². The average Bonchev–Trinajstić information content (AvgIpc) is 3.03. The Morgan fingerprint density at radius 1 is 1.31 bits per heavy atom. The van der Waals surface area contributed by atoms with Crippen molar-refractivity contribution in [2.75, 3.05) is 0 Å². The third kappa shape index (κ3) is 4.34. The van der Waals surface area contributed by atoms with Gasteiger partial charge in [0, 0.05) is 0 Å². The molecule has 1 N–H and O–H groups in total. The van der Waals surface area contributed by atoms with Crippen LogP contribution in [0.15, 0.2) is 30.3 Å². The van der Waals surface area contributed by atoms with Crippen LogP contribution in [0.25, 0.3) is 0 Å². The van der Waals surface area contributed by atoms with Crippen LogP contribution in [0.5, 0.6) is 0 Å². The third-order valence-electron chi connectivity index (χ3n) is 1.86. The summed E-state index contributed by atoms with van der Waals surface area (Å²) in [6.07, 6.45) is 2.52. The van der Waals surface area contributed by atoms with Crippen LogP contribution >= 0.6 is 0 Å². The molecular formula is C10H12BNO. The van der Waals surface area contributed by atoms with Crippen molar-refractivity contribution in [3.8, 4) is 6.07 Å². The molecule has 2 rings (SSSR count). The fourth-order valence-corrected chi connectivity index (χ4v) is 0.813. The Morgan fingerprint density at radius 3 is 2.15 bits per heavy atom. The highest BCUT2D eigenvalue weighted by Crippen LogP contribution is 2.33. The quantitative estimate of drug-likeness (QED) is 0.653. The SMILES string of the molecule is N#Cc1ccccc1.OBC1CC1. The van der Waals surface area contributed by atoms with Gasteiger partial charge >= 0.3 is 0 Å². The molecule has 0 saturated heterocycles. The van der Waals surface area contributed by atoms with Gasteiger partial charge < -0.3 is 5.02 Å². The second-order valence-corrected chi connectivity index (χ2v) is 3.10. The Balaban J connectivity index is 0.000000145. The van der Waals surface area contributed by atoms with E-state index in [1.165, 1.54) is 12.8 Å². The molecule has 1 saturated carbocycles. The van der Waals surface area contributed by atoms with Gasteiger partial charge in [-0.3, -0.25) is 0 Å². The zero-order valence-electron chi connectivity index (χ0n) is 7.48. The van der Waals surface area contributed by atoms with Gasteiger partial charge in [0.25, 0.3) is 7.48 Å². The summed E-state index contributed by atoms with van der Waals surface area (Å²) >= 11 is 0. The topological polar surface area (TPSA) is 44.0 Å². The average molecular weight is 173 g/mol. The van der Waals surface area contributed by atoms with E-state index >= 15 is 0 Å². The maximum Gasteiger partial charge on any atom is 0.273 e. The Bertz CT molecular complexity index is 277. The van der Waals surface area contributed by atoms with E-state index in [4.69, 9.17) is 10.3 Å². The molecule has 0 amide bonds. The molecule has 0 aromatic heterocycles. The molecule has 1 aromatic rings. The fourth-order valence-electron chi connectivity index (χ4n) is 0.813. The van der Waals surface area contributed by atoms with Gasteiger partial charge in [0.05, 0.1) is 11.6 Å². The summed E-state index contributed by atoms with van der Waals surface area (Å²) < 4.78 is 0. The Kier molecular flexibility index (Phi) is 4.07. The molecule has 3 heteroatoms. The monoisotopic (exact) mass is 173 g/mol. The molecule has 0 bridgehead atoms. The molecule has 0 aliphatic heterocycles. The van der Waals surface area contributed by atoms with E-state index < -0.39 is 0 Å². The molecule has 1 aliphatic rings. The minimum Gasteiger partial charge on any atom is -0.454 e. The van der Waals surface area contributed by atoms with Crippen molar-refractivity contribution in [2.24, 2.45) is 0 Å². The lowest BCUT2D eigenvalue weighted by molar-refractivity contribution is 0.599. The summed E-state index contributed by atoms with van der Waals surface area (Å²) in [5.41, 5.74) is 0.715. The number of hydrogen-bond donors (Lipinski definition) is 1. The van der Waals surface area contributed by atoms with Crippen LogP contribution in [-0.2, 0) is 0 Å². The van der Waals surface area contributed by atoms with Gasteiger partial charge in [0.2, 0.25) is 0 Å². The van der Waals surface area contributed by atoms with Crippen LogP contribution < -0.4 is 0 Å². The Morgan fingerprint density at radius 2 is 1.92 bits per heavy atom. The van der Waals surface area contributed by atoms with Gasteiger partial charge in [0.1, 0.15) is 0 Å². The van der Waals surface area contributed by atoms with Crippen LogP contribution in [0.1, 0.15) is 18.4 Å². The molecule has 2 nitrogen and oxygen atoms in total. The maximum absolute atomic E-state index is 8.29. The zero-order valence-corrected chi connectivity index (χ0v) is 7.48. The smallest absolute Gasteiger partial charge is 0.273 e. The molecule has 0 heterocycles.